The average Bonchev–Trinajstić information content (AvgIpc) is 3.40. The molecule has 2 heterocycles. The predicted molar refractivity (Wildman–Crippen MR) is 105 cm³/mol. The molecule has 1 aliphatic rings. The Bertz CT molecular complexity index is 1130. The second kappa shape index (κ2) is 6.13. The van der Waals surface area contributed by atoms with Gasteiger partial charge in [-0.2, -0.15) is 9.61 Å². The molecule has 0 radical (unpaired) electrons. The summed E-state index contributed by atoms with van der Waals surface area (Å²) in [7, 11) is 1.67. The van der Waals surface area contributed by atoms with Gasteiger partial charge in [0.25, 0.3) is 5.78 Å². The summed E-state index contributed by atoms with van der Waals surface area (Å²) in [5.41, 5.74) is 2.83. The number of halogens is 1. The quantitative estimate of drug-likeness (QED) is 0.497. The Morgan fingerprint density at radius 2 is 1.89 bits per heavy atom. The van der Waals surface area contributed by atoms with Crippen molar-refractivity contribution in [2.45, 2.75) is 18.3 Å². The summed E-state index contributed by atoms with van der Waals surface area (Å²) in [4.78, 5) is 4.46. The number of rotatable bonds is 4. The van der Waals surface area contributed by atoms with Crippen molar-refractivity contribution in [3.8, 4) is 17.0 Å². The van der Waals surface area contributed by atoms with E-state index >= 15 is 0 Å². The van der Waals surface area contributed by atoms with Crippen molar-refractivity contribution in [3.63, 3.8) is 0 Å². The average molecular weight is 422 g/mol. The van der Waals surface area contributed by atoms with Gasteiger partial charge in [-0.3, -0.25) is 0 Å². The molecular formula is C20H16BrN5O. The molecule has 2 aromatic carbocycles. The van der Waals surface area contributed by atoms with E-state index in [4.69, 9.17) is 9.84 Å². The summed E-state index contributed by atoms with van der Waals surface area (Å²) in [5, 5.41) is 13.5. The van der Waals surface area contributed by atoms with Gasteiger partial charge in [0.1, 0.15) is 11.4 Å². The molecule has 5 rings (SSSR count). The first kappa shape index (κ1) is 16.4. The maximum absolute atomic E-state index is 5.28. The van der Waals surface area contributed by atoms with E-state index < -0.39 is 0 Å². The molecule has 0 unspecified atom stereocenters. The fourth-order valence-corrected chi connectivity index (χ4v) is 3.85. The van der Waals surface area contributed by atoms with Crippen molar-refractivity contribution in [1.82, 2.24) is 24.8 Å². The third kappa shape index (κ3) is 2.70. The maximum atomic E-state index is 5.28. The summed E-state index contributed by atoms with van der Waals surface area (Å²) in [6.45, 7) is 0. The van der Waals surface area contributed by atoms with Crippen molar-refractivity contribution in [2.24, 2.45) is 0 Å². The summed E-state index contributed by atoms with van der Waals surface area (Å²) in [5.74, 6) is 2.20. The number of hydrogen-bond acceptors (Lipinski definition) is 5. The molecule has 1 fully saturated rings. The van der Waals surface area contributed by atoms with Crippen molar-refractivity contribution in [1.29, 1.82) is 0 Å². The van der Waals surface area contributed by atoms with Crippen molar-refractivity contribution in [3.05, 3.63) is 70.6 Å². The van der Waals surface area contributed by atoms with Crippen LogP contribution >= 0.6 is 15.9 Å². The van der Waals surface area contributed by atoms with Crippen LogP contribution in [0.1, 0.15) is 24.2 Å². The maximum Gasteiger partial charge on any atom is 0.271 e. The Balaban J connectivity index is 1.62. The van der Waals surface area contributed by atoms with E-state index in [1.807, 2.05) is 36.4 Å². The minimum absolute atomic E-state index is 0.156. The summed E-state index contributed by atoms with van der Waals surface area (Å²) < 4.78 is 8.07. The standard InChI is InChI=1S/C20H16BrN5O/c1-27-16-7-5-14(6-8-16)20(9-10-20)18-23-24-19-22-12-17(25-26(18)19)13-3-2-4-15(21)11-13/h2-8,11-12H,9-10H2,1H3. The van der Waals surface area contributed by atoms with E-state index in [9.17, 15) is 0 Å². The topological polar surface area (TPSA) is 65.2 Å². The van der Waals surface area contributed by atoms with Gasteiger partial charge in [-0.1, -0.05) is 40.2 Å². The Hall–Kier alpha value is -2.80. The lowest BCUT2D eigenvalue weighted by molar-refractivity contribution is 0.414. The van der Waals surface area contributed by atoms with Crippen LogP contribution in [0.4, 0.5) is 0 Å². The molecule has 7 heteroatoms. The number of methoxy groups -OCH3 is 1. The van der Waals surface area contributed by atoms with Crippen LogP contribution < -0.4 is 4.74 Å². The Morgan fingerprint density at radius 3 is 2.59 bits per heavy atom. The zero-order chi connectivity index (χ0) is 18.4. The molecule has 0 amide bonds. The first-order valence-corrected chi connectivity index (χ1v) is 9.48. The Morgan fingerprint density at radius 1 is 1.07 bits per heavy atom. The molecule has 0 spiro atoms. The van der Waals surface area contributed by atoms with Crippen LogP contribution in [0.2, 0.25) is 0 Å². The minimum atomic E-state index is -0.156. The van der Waals surface area contributed by atoms with Gasteiger partial charge in [0.15, 0.2) is 5.82 Å². The molecule has 134 valence electrons. The van der Waals surface area contributed by atoms with Gasteiger partial charge in [-0.25, -0.2) is 4.98 Å². The largest absolute Gasteiger partial charge is 0.497 e. The molecule has 0 atom stereocenters. The van der Waals surface area contributed by atoms with Crippen LogP contribution in [0.15, 0.2) is 59.2 Å². The van der Waals surface area contributed by atoms with Crippen LogP contribution in [0.3, 0.4) is 0 Å². The Labute approximate surface area is 164 Å². The van der Waals surface area contributed by atoms with Gasteiger partial charge in [0.2, 0.25) is 0 Å². The second-order valence-electron chi connectivity index (χ2n) is 6.70. The molecule has 1 saturated carbocycles. The molecule has 0 saturated heterocycles. The first-order chi connectivity index (χ1) is 13.2. The molecule has 4 aromatic rings. The highest BCUT2D eigenvalue weighted by Gasteiger charge is 2.50. The van der Waals surface area contributed by atoms with Crippen LogP contribution in [0, 0.1) is 0 Å². The summed E-state index contributed by atoms with van der Waals surface area (Å²) in [6, 6.07) is 16.2. The van der Waals surface area contributed by atoms with Gasteiger partial charge in [-0.05, 0) is 42.7 Å². The van der Waals surface area contributed by atoms with Gasteiger partial charge in [0, 0.05) is 10.0 Å². The van der Waals surface area contributed by atoms with Crippen LogP contribution in [0.5, 0.6) is 5.75 Å². The highest BCUT2D eigenvalue weighted by atomic mass is 79.9. The van der Waals surface area contributed by atoms with E-state index in [-0.39, 0.29) is 5.41 Å². The van der Waals surface area contributed by atoms with Crippen molar-refractivity contribution < 1.29 is 4.74 Å². The fraction of sp³-hybridized carbons (Fsp3) is 0.200. The number of aromatic nitrogens is 5. The number of hydrogen-bond donors (Lipinski definition) is 0. The SMILES string of the molecule is COc1ccc(C2(c3nnc4ncc(-c5cccc(Br)c5)nn34)CC2)cc1. The van der Waals surface area contributed by atoms with E-state index in [1.54, 1.807) is 17.8 Å². The van der Waals surface area contributed by atoms with Crippen LogP contribution in [-0.4, -0.2) is 31.9 Å². The number of ether oxygens (including phenoxy) is 1. The first-order valence-electron chi connectivity index (χ1n) is 8.69. The summed E-state index contributed by atoms with van der Waals surface area (Å²) in [6.07, 6.45) is 3.77. The lowest BCUT2D eigenvalue weighted by Gasteiger charge is -2.14. The van der Waals surface area contributed by atoms with Crippen molar-refractivity contribution in [2.75, 3.05) is 7.11 Å². The molecule has 0 aliphatic heterocycles. The number of nitrogens with zero attached hydrogens (tertiary/aromatic N) is 5. The third-order valence-corrected chi connectivity index (χ3v) is 5.57. The molecule has 0 N–H and O–H groups in total. The second-order valence-corrected chi connectivity index (χ2v) is 7.62. The monoisotopic (exact) mass is 421 g/mol. The number of benzene rings is 2. The molecule has 27 heavy (non-hydrogen) atoms. The van der Waals surface area contributed by atoms with Crippen LogP contribution in [-0.2, 0) is 5.41 Å². The minimum Gasteiger partial charge on any atom is -0.497 e. The summed E-state index contributed by atoms with van der Waals surface area (Å²) >= 11 is 3.51. The van der Waals surface area contributed by atoms with E-state index in [0.29, 0.717) is 5.78 Å². The lowest BCUT2D eigenvalue weighted by atomic mass is 9.95. The third-order valence-electron chi connectivity index (χ3n) is 5.08. The van der Waals surface area contributed by atoms with E-state index in [0.717, 1.165) is 40.1 Å². The zero-order valence-electron chi connectivity index (χ0n) is 14.6. The molecule has 6 nitrogen and oxygen atoms in total. The molecule has 2 aromatic heterocycles. The lowest BCUT2D eigenvalue weighted by Crippen LogP contribution is -2.15. The van der Waals surface area contributed by atoms with Crippen LogP contribution in [0.25, 0.3) is 17.0 Å². The zero-order valence-corrected chi connectivity index (χ0v) is 16.2. The highest BCUT2D eigenvalue weighted by molar-refractivity contribution is 9.10. The van der Waals surface area contributed by atoms with Crippen molar-refractivity contribution >= 4 is 21.7 Å². The van der Waals surface area contributed by atoms with Gasteiger partial charge >= 0.3 is 0 Å². The fourth-order valence-electron chi connectivity index (χ4n) is 3.45. The molecular weight excluding hydrogens is 406 g/mol. The van der Waals surface area contributed by atoms with Gasteiger partial charge in [0.05, 0.1) is 18.7 Å². The Kier molecular flexibility index (Phi) is 3.72. The van der Waals surface area contributed by atoms with Gasteiger partial charge in [-0.15, -0.1) is 10.2 Å². The molecule has 1 aliphatic carbocycles. The predicted octanol–water partition coefficient (Wildman–Crippen LogP) is 4.04. The van der Waals surface area contributed by atoms with Gasteiger partial charge < -0.3 is 4.74 Å². The molecule has 0 bridgehead atoms. The van der Waals surface area contributed by atoms with E-state index in [2.05, 4.69) is 43.2 Å². The van der Waals surface area contributed by atoms with E-state index in [1.165, 1.54) is 5.56 Å². The smallest absolute Gasteiger partial charge is 0.271 e. The number of fused-ring (bicyclic) bond motifs is 1. The highest BCUT2D eigenvalue weighted by Crippen LogP contribution is 2.52. The normalized spacial score (nSPS) is 15.0.